The van der Waals surface area contributed by atoms with Gasteiger partial charge in [-0.1, -0.05) is 0 Å². The van der Waals surface area contributed by atoms with E-state index < -0.39 is 23.6 Å². The van der Waals surface area contributed by atoms with Crippen LogP contribution in [0, 0.1) is 5.95 Å². The summed E-state index contributed by atoms with van der Waals surface area (Å²) in [5, 5.41) is 2.27. The van der Waals surface area contributed by atoms with Crippen molar-refractivity contribution in [2.45, 2.75) is 45.1 Å². The zero-order valence-electron chi connectivity index (χ0n) is 14.7. The molecule has 7 nitrogen and oxygen atoms in total. The van der Waals surface area contributed by atoms with Crippen molar-refractivity contribution in [3.63, 3.8) is 0 Å². The van der Waals surface area contributed by atoms with Crippen molar-refractivity contribution in [2.24, 2.45) is 0 Å². The Balaban J connectivity index is 1.93. The van der Waals surface area contributed by atoms with Crippen LogP contribution in [0.3, 0.4) is 0 Å². The quantitative estimate of drug-likeness (QED) is 0.875. The van der Waals surface area contributed by atoms with Crippen LogP contribution in [0.1, 0.15) is 33.6 Å². The molecule has 10 heteroatoms. The number of rotatable bonds is 2. The molecule has 142 valence electrons. The van der Waals surface area contributed by atoms with Crippen molar-refractivity contribution in [2.75, 3.05) is 23.3 Å². The minimum Gasteiger partial charge on any atom is -0.444 e. The van der Waals surface area contributed by atoms with E-state index in [1.165, 1.54) is 12.4 Å². The SMILES string of the molecule is CC(C)(C)OC(=O)Nc1nc(N2CCC(F)(F)CC2)c2nccn2c1F. The lowest BCUT2D eigenvalue weighted by Gasteiger charge is -2.32. The third-order valence-corrected chi connectivity index (χ3v) is 3.88. The lowest BCUT2D eigenvalue weighted by atomic mass is 10.1. The predicted octanol–water partition coefficient (Wildman–Crippen LogP) is 3.45. The van der Waals surface area contributed by atoms with Crippen LogP contribution in [0.25, 0.3) is 5.65 Å². The van der Waals surface area contributed by atoms with Gasteiger partial charge in [-0.2, -0.15) is 4.39 Å². The molecule has 0 unspecified atom stereocenters. The summed E-state index contributed by atoms with van der Waals surface area (Å²) in [5.41, 5.74) is -0.566. The van der Waals surface area contributed by atoms with E-state index in [0.29, 0.717) is 0 Å². The minimum absolute atomic E-state index is 0.0556. The van der Waals surface area contributed by atoms with Crippen LogP contribution in [-0.4, -0.2) is 45.1 Å². The zero-order valence-corrected chi connectivity index (χ0v) is 14.7. The van der Waals surface area contributed by atoms with Gasteiger partial charge in [0.1, 0.15) is 5.60 Å². The third kappa shape index (κ3) is 3.83. The first kappa shape index (κ1) is 18.3. The molecule has 3 heterocycles. The van der Waals surface area contributed by atoms with E-state index in [1.54, 1.807) is 25.7 Å². The molecule has 3 rings (SSSR count). The molecule has 1 aliphatic rings. The van der Waals surface area contributed by atoms with Crippen molar-refractivity contribution in [1.82, 2.24) is 14.4 Å². The molecule has 0 spiro atoms. The number of piperidine rings is 1. The van der Waals surface area contributed by atoms with E-state index in [1.807, 2.05) is 0 Å². The molecule has 0 radical (unpaired) electrons. The topological polar surface area (TPSA) is 71.8 Å². The number of nitrogens with zero attached hydrogens (tertiary/aromatic N) is 4. The van der Waals surface area contributed by atoms with E-state index in [-0.39, 0.29) is 43.2 Å². The average Bonchev–Trinajstić information content (AvgIpc) is 2.98. The number of carbonyl (C=O) groups is 1. The van der Waals surface area contributed by atoms with E-state index in [0.717, 1.165) is 4.40 Å². The lowest BCUT2D eigenvalue weighted by Crippen LogP contribution is -2.40. The van der Waals surface area contributed by atoms with Gasteiger partial charge in [-0.3, -0.25) is 9.72 Å². The second-order valence-electron chi connectivity index (χ2n) is 7.17. The predicted molar refractivity (Wildman–Crippen MR) is 89.2 cm³/mol. The molecule has 26 heavy (non-hydrogen) atoms. The normalized spacial score (nSPS) is 17.4. The van der Waals surface area contributed by atoms with Crippen LogP contribution < -0.4 is 10.2 Å². The van der Waals surface area contributed by atoms with E-state index >= 15 is 0 Å². The maximum atomic E-state index is 14.6. The smallest absolute Gasteiger partial charge is 0.413 e. The van der Waals surface area contributed by atoms with Crippen LogP contribution in [0.5, 0.6) is 0 Å². The molecule has 1 saturated heterocycles. The van der Waals surface area contributed by atoms with Crippen LogP contribution in [0.2, 0.25) is 0 Å². The van der Waals surface area contributed by atoms with Crippen molar-refractivity contribution in [3.8, 4) is 0 Å². The van der Waals surface area contributed by atoms with Gasteiger partial charge in [0.25, 0.3) is 5.92 Å². The fourth-order valence-electron chi connectivity index (χ4n) is 2.68. The third-order valence-electron chi connectivity index (χ3n) is 3.88. The number of hydrogen-bond donors (Lipinski definition) is 1. The maximum Gasteiger partial charge on any atom is 0.413 e. The summed E-state index contributed by atoms with van der Waals surface area (Å²) in [4.78, 5) is 21.7. The first-order chi connectivity index (χ1) is 12.1. The summed E-state index contributed by atoms with van der Waals surface area (Å²) < 4.78 is 47.7. The van der Waals surface area contributed by atoms with Gasteiger partial charge in [-0.25, -0.2) is 23.5 Å². The number of carbonyl (C=O) groups excluding carboxylic acids is 1. The Morgan fingerprint density at radius 1 is 1.31 bits per heavy atom. The molecule has 0 aromatic carbocycles. The second-order valence-corrected chi connectivity index (χ2v) is 7.17. The van der Waals surface area contributed by atoms with Crippen LogP contribution in [-0.2, 0) is 4.74 Å². The molecule has 0 saturated carbocycles. The Morgan fingerprint density at radius 3 is 2.58 bits per heavy atom. The maximum absolute atomic E-state index is 14.6. The summed E-state index contributed by atoms with van der Waals surface area (Å²) in [6, 6.07) is 0. The minimum atomic E-state index is -2.72. The standard InChI is InChI=1S/C16H20F3N5O2/c1-15(2,3)26-14(25)22-11-10(17)24-9-6-20-12(24)13(21-11)23-7-4-16(18,19)5-8-23/h6,9H,4-5,7-8H2,1-3H3,(H,22,25). The van der Waals surface area contributed by atoms with E-state index in [9.17, 15) is 18.0 Å². The average molecular weight is 371 g/mol. The van der Waals surface area contributed by atoms with Crippen LogP contribution >= 0.6 is 0 Å². The number of hydrogen-bond acceptors (Lipinski definition) is 5. The molecule has 0 bridgehead atoms. The van der Waals surface area contributed by atoms with Gasteiger partial charge in [-0.15, -0.1) is 0 Å². The number of alkyl halides is 2. The van der Waals surface area contributed by atoms with Gasteiger partial charge in [0, 0.05) is 38.3 Å². The number of fused-ring (bicyclic) bond motifs is 1. The van der Waals surface area contributed by atoms with Gasteiger partial charge in [0.15, 0.2) is 17.3 Å². The fraction of sp³-hybridized carbons (Fsp3) is 0.562. The summed E-state index contributed by atoms with van der Waals surface area (Å²) in [6.45, 7) is 5.14. The molecular formula is C16H20F3N5O2. The monoisotopic (exact) mass is 371 g/mol. The number of aromatic nitrogens is 3. The van der Waals surface area contributed by atoms with Crippen molar-refractivity contribution in [3.05, 3.63) is 18.3 Å². The molecule has 1 aliphatic heterocycles. The van der Waals surface area contributed by atoms with Gasteiger partial charge in [-0.05, 0) is 20.8 Å². The van der Waals surface area contributed by atoms with Gasteiger partial charge >= 0.3 is 6.09 Å². The molecule has 2 aromatic heterocycles. The molecular weight excluding hydrogens is 351 g/mol. The summed E-state index contributed by atoms with van der Waals surface area (Å²) >= 11 is 0. The number of halogens is 3. The molecule has 2 aromatic rings. The second kappa shape index (κ2) is 6.33. The van der Waals surface area contributed by atoms with E-state index in [2.05, 4.69) is 15.3 Å². The van der Waals surface area contributed by atoms with Crippen molar-refractivity contribution >= 4 is 23.4 Å². The zero-order chi connectivity index (χ0) is 19.1. The summed E-state index contributed by atoms with van der Waals surface area (Å²) in [7, 11) is 0. The van der Waals surface area contributed by atoms with Crippen molar-refractivity contribution in [1.29, 1.82) is 0 Å². The van der Waals surface area contributed by atoms with Gasteiger partial charge in [0.05, 0.1) is 0 Å². The number of ether oxygens (including phenoxy) is 1. The highest BCUT2D eigenvalue weighted by atomic mass is 19.3. The Kier molecular flexibility index (Phi) is 4.45. The van der Waals surface area contributed by atoms with E-state index in [4.69, 9.17) is 4.74 Å². The molecule has 0 aliphatic carbocycles. The Labute approximate surface area is 148 Å². The van der Waals surface area contributed by atoms with Gasteiger partial charge in [0.2, 0.25) is 5.95 Å². The van der Waals surface area contributed by atoms with Gasteiger partial charge < -0.3 is 9.64 Å². The summed E-state index contributed by atoms with van der Waals surface area (Å²) in [5.74, 6) is -3.66. The highest BCUT2D eigenvalue weighted by Crippen LogP contribution is 2.32. The Hall–Kier alpha value is -2.52. The first-order valence-corrected chi connectivity index (χ1v) is 8.21. The fourth-order valence-corrected chi connectivity index (χ4v) is 2.68. The number of nitrogens with one attached hydrogen (secondary N) is 1. The first-order valence-electron chi connectivity index (χ1n) is 8.21. The lowest BCUT2D eigenvalue weighted by molar-refractivity contribution is -0.0221. The largest absolute Gasteiger partial charge is 0.444 e. The number of imidazole rings is 1. The molecule has 0 atom stereocenters. The Morgan fingerprint density at radius 2 is 1.96 bits per heavy atom. The number of amides is 1. The van der Waals surface area contributed by atoms with Crippen LogP contribution in [0.4, 0.5) is 29.6 Å². The molecule has 1 fully saturated rings. The highest BCUT2D eigenvalue weighted by Gasteiger charge is 2.35. The highest BCUT2D eigenvalue weighted by molar-refractivity contribution is 5.84. The van der Waals surface area contributed by atoms with Crippen molar-refractivity contribution < 1.29 is 22.7 Å². The molecule has 1 amide bonds. The Bertz CT molecular complexity index is 821. The number of anilines is 2. The molecule has 1 N–H and O–H groups in total. The summed E-state index contributed by atoms with van der Waals surface area (Å²) in [6.07, 6.45) is 1.23. The van der Waals surface area contributed by atoms with Crippen LogP contribution in [0.15, 0.2) is 12.4 Å².